The van der Waals surface area contributed by atoms with E-state index in [2.05, 4.69) is 38.6 Å². The number of hydrogen-bond donors (Lipinski definition) is 3. The van der Waals surface area contributed by atoms with Crippen LogP contribution >= 0.6 is 0 Å². The molecule has 4 heterocycles. The summed E-state index contributed by atoms with van der Waals surface area (Å²) >= 11 is 0. The smallest absolute Gasteiger partial charge is 0.257 e. The first kappa shape index (κ1) is 22.0. The first-order chi connectivity index (χ1) is 17.1. The third kappa shape index (κ3) is 3.56. The molecule has 0 spiro atoms. The predicted molar refractivity (Wildman–Crippen MR) is 131 cm³/mol. The summed E-state index contributed by atoms with van der Waals surface area (Å²) in [5.41, 5.74) is 3.56. The minimum absolute atomic E-state index is 0.0334. The second-order valence-electron chi connectivity index (χ2n) is 9.14. The van der Waals surface area contributed by atoms with Gasteiger partial charge in [-0.2, -0.15) is 9.61 Å². The van der Waals surface area contributed by atoms with E-state index >= 15 is 0 Å². The van der Waals surface area contributed by atoms with Gasteiger partial charge in [-0.25, -0.2) is 4.98 Å². The van der Waals surface area contributed by atoms with Crippen molar-refractivity contribution in [3.8, 4) is 11.3 Å². The zero-order valence-electron chi connectivity index (χ0n) is 19.6. The number of aromatic nitrogens is 4. The number of rotatable bonds is 6. The normalized spacial score (nSPS) is 24.1. The maximum atomic E-state index is 13.0. The molecule has 0 bridgehead atoms. The molecule has 6 rings (SSSR count). The van der Waals surface area contributed by atoms with Crippen molar-refractivity contribution in [1.82, 2.24) is 24.5 Å². The number of ether oxygens (including phenoxy) is 2. The van der Waals surface area contributed by atoms with Gasteiger partial charge in [0.15, 0.2) is 5.65 Å². The highest BCUT2D eigenvalue weighted by atomic mass is 16.5. The Bertz CT molecular complexity index is 1410. The van der Waals surface area contributed by atoms with Gasteiger partial charge in [0, 0.05) is 42.9 Å². The number of benzene rings is 1. The molecule has 4 aromatic rings. The standard InChI is InChI=1S/C25H28N6O4/c1-26-23-9-18(28-24-15(10-27-31(23)24)25(33)29-17-7-8-21(17)32)16-11-30(19-6-4-3-5-14(16)19)20-12-35-13-22(20)34-2/h3-6,9-11,17,20-22,26,32H,7-8,12-13H2,1-2H3,(H,29,33)/t17-,20-,21+,22-/m0/s1. The van der Waals surface area contributed by atoms with Crippen LogP contribution in [0.5, 0.6) is 0 Å². The summed E-state index contributed by atoms with van der Waals surface area (Å²) in [7, 11) is 3.52. The number of fused-ring (bicyclic) bond motifs is 2. The molecule has 2 aliphatic rings. The van der Waals surface area contributed by atoms with E-state index in [4.69, 9.17) is 14.5 Å². The Hall–Kier alpha value is -3.47. The number of anilines is 1. The molecule has 1 saturated heterocycles. The maximum Gasteiger partial charge on any atom is 0.257 e. The van der Waals surface area contributed by atoms with Gasteiger partial charge in [0.1, 0.15) is 17.5 Å². The van der Waals surface area contributed by atoms with Crippen molar-refractivity contribution >= 4 is 28.3 Å². The molecule has 4 atom stereocenters. The van der Waals surface area contributed by atoms with Crippen LogP contribution < -0.4 is 10.6 Å². The van der Waals surface area contributed by atoms with Crippen LogP contribution in [0.15, 0.2) is 42.7 Å². The first-order valence-electron chi connectivity index (χ1n) is 11.8. The molecule has 3 aromatic heterocycles. The molecule has 182 valence electrons. The first-order valence-corrected chi connectivity index (χ1v) is 11.8. The Kier molecular flexibility index (Phi) is 5.43. The minimum Gasteiger partial charge on any atom is -0.391 e. The summed E-state index contributed by atoms with van der Waals surface area (Å²) in [4.78, 5) is 17.9. The highest BCUT2D eigenvalue weighted by Gasteiger charge is 2.33. The molecule has 10 nitrogen and oxygen atoms in total. The van der Waals surface area contributed by atoms with Crippen LogP contribution in [0.1, 0.15) is 29.2 Å². The van der Waals surface area contributed by atoms with Crippen LogP contribution in [-0.4, -0.2) is 75.8 Å². The summed E-state index contributed by atoms with van der Waals surface area (Å²) in [5, 5.41) is 21.4. The van der Waals surface area contributed by atoms with Crippen molar-refractivity contribution in [2.45, 2.75) is 37.1 Å². The van der Waals surface area contributed by atoms with Gasteiger partial charge < -0.3 is 29.8 Å². The lowest BCUT2D eigenvalue weighted by atomic mass is 9.89. The summed E-state index contributed by atoms with van der Waals surface area (Å²) in [6.07, 6.45) is 4.55. The molecule has 1 aromatic carbocycles. The summed E-state index contributed by atoms with van der Waals surface area (Å²) < 4.78 is 15.2. The summed E-state index contributed by atoms with van der Waals surface area (Å²) in [6, 6.07) is 9.94. The fraction of sp³-hybridized carbons (Fsp3) is 0.400. The monoisotopic (exact) mass is 476 g/mol. The fourth-order valence-corrected chi connectivity index (χ4v) is 5.03. The highest BCUT2D eigenvalue weighted by Crippen LogP contribution is 2.36. The molecule has 2 fully saturated rings. The molecule has 1 amide bonds. The third-order valence-corrected chi connectivity index (χ3v) is 7.20. The number of nitrogens with one attached hydrogen (secondary N) is 2. The maximum absolute atomic E-state index is 13.0. The van der Waals surface area contributed by atoms with E-state index < -0.39 is 6.10 Å². The molecule has 10 heteroatoms. The van der Waals surface area contributed by atoms with E-state index in [-0.39, 0.29) is 24.1 Å². The van der Waals surface area contributed by atoms with Crippen molar-refractivity contribution in [2.75, 3.05) is 32.7 Å². The Labute approximate surface area is 201 Å². The van der Waals surface area contributed by atoms with Crippen LogP contribution in [0.3, 0.4) is 0 Å². The fourth-order valence-electron chi connectivity index (χ4n) is 5.03. The average Bonchev–Trinajstić information content (AvgIpc) is 3.61. The Balaban J connectivity index is 1.47. The van der Waals surface area contributed by atoms with Gasteiger partial charge in [-0.15, -0.1) is 0 Å². The number of methoxy groups -OCH3 is 1. The molecule has 1 aliphatic carbocycles. The lowest BCUT2D eigenvalue weighted by molar-refractivity contribution is 0.0448. The molecular weight excluding hydrogens is 448 g/mol. The molecule has 35 heavy (non-hydrogen) atoms. The van der Waals surface area contributed by atoms with Gasteiger partial charge >= 0.3 is 0 Å². The molecule has 0 unspecified atom stereocenters. The summed E-state index contributed by atoms with van der Waals surface area (Å²) in [5.74, 6) is 0.424. The Morgan fingerprint density at radius 3 is 2.86 bits per heavy atom. The number of hydrogen-bond acceptors (Lipinski definition) is 7. The van der Waals surface area contributed by atoms with Crippen LogP contribution in [0, 0.1) is 0 Å². The average molecular weight is 477 g/mol. The third-order valence-electron chi connectivity index (χ3n) is 7.20. The van der Waals surface area contributed by atoms with Gasteiger partial charge in [0.2, 0.25) is 0 Å². The highest BCUT2D eigenvalue weighted by molar-refractivity contribution is 6.01. The summed E-state index contributed by atoms with van der Waals surface area (Å²) in [6.45, 7) is 1.13. The Morgan fingerprint density at radius 1 is 1.26 bits per heavy atom. The van der Waals surface area contributed by atoms with E-state index in [1.807, 2.05) is 25.2 Å². The zero-order chi connectivity index (χ0) is 24.1. The molecule has 3 N–H and O–H groups in total. The van der Waals surface area contributed by atoms with E-state index in [9.17, 15) is 9.90 Å². The largest absolute Gasteiger partial charge is 0.391 e. The van der Waals surface area contributed by atoms with Gasteiger partial charge in [0.05, 0.1) is 43.3 Å². The molecular formula is C25H28N6O4. The van der Waals surface area contributed by atoms with E-state index in [1.54, 1.807) is 11.6 Å². The number of para-hydroxylation sites is 1. The van der Waals surface area contributed by atoms with Crippen molar-refractivity contribution < 1.29 is 19.4 Å². The van der Waals surface area contributed by atoms with Crippen LogP contribution in [0.25, 0.3) is 27.8 Å². The number of aliphatic hydroxyl groups excluding tert-OH is 1. The van der Waals surface area contributed by atoms with Crippen LogP contribution in [0.2, 0.25) is 0 Å². The van der Waals surface area contributed by atoms with Crippen molar-refractivity contribution in [2.24, 2.45) is 0 Å². The second-order valence-corrected chi connectivity index (χ2v) is 9.14. The number of carbonyl (C=O) groups is 1. The van der Waals surface area contributed by atoms with Crippen LogP contribution in [-0.2, 0) is 9.47 Å². The van der Waals surface area contributed by atoms with Gasteiger partial charge in [-0.05, 0) is 18.9 Å². The van der Waals surface area contributed by atoms with Crippen molar-refractivity contribution in [3.63, 3.8) is 0 Å². The number of carbonyl (C=O) groups excluding carboxylic acids is 1. The van der Waals surface area contributed by atoms with E-state index in [1.165, 1.54) is 6.20 Å². The SMILES string of the molecule is CNc1cc(-c2cn([C@H]3COC[C@@H]3OC)c3ccccc23)nc2c(C(=O)N[C@H]3CC[C@H]3O)cnn12. The van der Waals surface area contributed by atoms with Crippen LogP contribution in [0.4, 0.5) is 5.82 Å². The number of aliphatic hydroxyl groups is 1. The quantitative estimate of drug-likeness (QED) is 0.391. The van der Waals surface area contributed by atoms with Crippen molar-refractivity contribution in [1.29, 1.82) is 0 Å². The minimum atomic E-state index is -0.501. The predicted octanol–water partition coefficient (Wildman–Crippen LogP) is 2.23. The van der Waals surface area contributed by atoms with Gasteiger partial charge in [0.25, 0.3) is 5.91 Å². The number of nitrogens with zero attached hydrogens (tertiary/aromatic N) is 4. The lowest BCUT2D eigenvalue weighted by Crippen LogP contribution is -2.50. The van der Waals surface area contributed by atoms with E-state index in [0.717, 1.165) is 28.6 Å². The molecule has 1 saturated carbocycles. The second kappa shape index (κ2) is 8.63. The van der Waals surface area contributed by atoms with E-state index in [0.29, 0.717) is 36.7 Å². The van der Waals surface area contributed by atoms with Gasteiger partial charge in [-0.1, -0.05) is 18.2 Å². The van der Waals surface area contributed by atoms with Gasteiger partial charge in [-0.3, -0.25) is 4.79 Å². The molecule has 0 radical (unpaired) electrons. The molecule has 1 aliphatic heterocycles. The van der Waals surface area contributed by atoms with Crippen molar-refractivity contribution in [3.05, 3.63) is 48.3 Å². The lowest BCUT2D eigenvalue weighted by Gasteiger charge is -2.32. The number of amides is 1. The Morgan fingerprint density at radius 2 is 2.11 bits per heavy atom. The zero-order valence-corrected chi connectivity index (χ0v) is 19.6. The topological polar surface area (TPSA) is 115 Å².